The van der Waals surface area contributed by atoms with Gasteiger partial charge in [0.25, 0.3) is 0 Å². The molecule has 7 aliphatic rings. The van der Waals surface area contributed by atoms with Crippen LogP contribution in [-0.2, 0) is 9.59 Å². The largest absolute Gasteiger partial charge is 0.342 e. The van der Waals surface area contributed by atoms with Crippen molar-refractivity contribution in [1.82, 2.24) is 4.90 Å². The van der Waals surface area contributed by atoms with E-state index in [0.29, 0.717) is 58.0 Å². The Hall–Kier alpha value is -1.12. The van der Waals surface area contributed by atoms with Gasteiger partial charge in [-0.3, -0.25) is 9.59 Å². The van der Waals surface area contributed by atoms with Gasteiger partial charge in [0, 0.05) is 30.8 Å². The Kier molecular flexibility index (Phi) is 7.76. The van der Waals surface area contributed by atoms with Crippen LogP contribution in [0.5, 0.6) is 0 Å². The maximum absolute atomic E-state index is 15.0. The summed E-state index contributed by atoms with van der Waals surface area (Å²) in [6.07, 6.45) is 16.6. The molecule has 3 heteroatoms. The zero-order valence-corrected chi connectivity index (χ0v) is 31.4. The van der Waals surface area contributed by atoms with E-state index in [1.165, 1.54) is 50.5 Å². The van der Waals surface area contributed by atoms with Crippen LogP contribution >= 0.6 is 0 Å². The van der Waals surface area contributed by atoms with Crippen LogP contribution in [0.1, 0.15) is 152 Å². The minimum atomic E-state index is -0.180. The lowest BCUT2D eigenvalue weighted by Gasteiger charge is -2.73. The first-order chi connectivity index (χ1) is 21.4. The van der Waals surface area contributed by atoms with Gasteiger partial charge in [-0.2, -0.15) is 0 Å². The predicted octanol–water partition coefficient (Wildman–Crippen LogP) is 10.5. The zero-order chi connectivity index (χ0) is 33.2. The van der Waals surface area contributed by atoms with Crippen molar-refractivity contribution in [2.45, 2.75) is 152 Å². The first-order valence-corrected chi connectivity index (χ1v) is 19.9. The summed E-state index contributed by atoms with van der Waals surface area (Å²) < 4.78 is 0. The van der Waals surface area contributed by atoms with Crippen molar-refractivity contribution in [2.24, 2.45) is 79.8 Å². The average molecular weight is 632 g/mol. The molecule has 1 amide bonds. The topological polar surface area (TPSA) is 37.4 Å². The third-order valence-electron chi connectivity index (χ3n) is 18.8. The normalized spacial score (nSPS) is 50.4. The van der Waals surface area contributed by atoms with Crippen molar-refractivity contribution in [3.05, 3.63) is 12.2 Å². The first kappa shape index (κ1) is 33.4. The lowest BCUT2D eigenvalue weighted by Crippen LogP contribution is -2.66. The van der Waals surface area contributed by atoms with Crippen molar-refractivity contribution < 1.29 is 9.59 Å². The van der Waals surface area contributed by atoms with E-state index in [9.17, 15) is 9.59 Å². The van der Waals surface area contributed by atoms with E-state index in [1.807, 2.05) is 0 Å². The molecule has 7 fully saturated rings. The molecule has 7 rings (SSSR count). The predicted molar refractivity (Wildman–Crippen MR) is 189 cm³/mol. The number of likely N-dealkylation sites (tertiary alicyclic amines) is 1. The molecule has 0 aromatic carbocycles. The second-order valence-electron chi connectivity index (χ2n) is 20.6. The van der Waals surface area contributed by atoms with E-state index >= 15 is 0 Å². The van der Waals surface area contributed by atoms with Gasteiger partial charge in [-0.05, 0) is 159 Å². The number of ketones is 1. The summed E-state index contributed by atoms with van der Waals surface area (Å²) >= 11 is 0. The van der Waals surface area contributed by atoms with E-state index in [0.717, 1.165) is 69.4 Å². The maximum Gasteiger partial charge on any atom is 0.226 e. The van der Waals surface area contributed by atoms with Gasteiger partial charge in [0.05, 0.1) is 0 Å². The summed E-state index contributed by atoms with van der Waals surface area (Å²) in [5.41, 5.74) is 2.55. The lowest BCUT2D eigenvalue weighted by molar-refractivity contribution is -0.240. The number of amides is 1. The third-order valence-corrected chi connectivity index (χ3v) is 18.8. The molecule has 46 heavy (non-hydrogen) atoms. The highest BCUT2D eigenvalue weighted by Gasteiger charge is 2.72. The Morgan fingerprint density at radius 3 is 2.11 bits per heavy atom. The Bertz CT molecular complexity index is 1270. The number of carbonyl (C=O) groups excluding carboxylic acids is 2. The lowest BCUT2D eigenvalue weighted by atomic mass is 9.31. The summed E-state index contributed by atoms with van der Waals surface area (Å²) in [6.45, 7) is 29.2. The molecule has 0 aromatic heterocycles. The van der Waals surface area contributed by atoms with Crippen molar-refractivity contribution >= 4 is 11.7 Å². The van der Waals surface area contributed by atoms with Crippen molar-refractivity contribution in [3.63, 3.8) is 0 Å². The third kappa shape index (κ3) is 4.26. The summed E-state index contributed by atoms with van der Waals surface area (Å²) in [5.74, 6) is 5.34. The number of Topliss-reactive ketones (excluding diaryl/α,β-unsaturated/α-hetero) is 1. The molecule has 0 bridgehead atoms. The van der Waals surface area contributed by atoms with Crippen LogP contribution in [0.15, 0.2) is 12.2 Å². The van der Waals surface area contributed by atoms with Gasteiger partial charge in [-0.15, -0.1) is 0 Å². The molecule has 0 aromatic rings. The quantitative estimate of drug-likeness (QED) is 0.283. The molecular weight excluding hydrogens is 562 g/mol. The molecule has 1 heterocycles. The van der Waals surface area contributed by atoms with E-state index in [4.69, 9.17) is 0 Å². The van der Waals surface area contributed by atoms with Crippen LogP contribution in [0, 0.1) is 79.8 Å². The fourth-order valence-electron chi connectivity index (χ4n) is 15.2. The van der Waals surface area contributed by atoms with Crippen LogP contribution in [0.2, 0.25) is 0 Å². The van der Waals surface area contributed by atoms with Gasteiger partial charge in [0.2, 0.25) is 5.91 Å². The number of hydrogen-bond acceptors (Lipinski definition) is 2. The molecule has 258 valence electrons. The van der Waals surface area contributed by atoms with Crippen LogP contribution < -0.4 is 0 Å². The van der Waals surface area contributed by atoms with Gasteiger partial charge < -0.3 is 4.90 Å². The Balaban J connectivity index is 1.16. The number of hydrogen-bond donors (Lipinski definition) is 0. The highest BCUT2D eigenvalue weighted by Crippen LogP contribution is 2.78. The average Bonchev–Trinajstić information content (AvgIpc) is 3.67. The summed E-state index contributed by atoms with van der Waals surface area (Å²) in [6, 6.07) is 0. The molecule has 1 saturated heterocycles. The number of nitrogens with zero attached hydrogens (tertiary/aromatic N) is 1. The Morgan fingerprint density at radius 1 is 0.761 bits per heavy atom. The molecule has 6 saturated carbocycles. The minimum Gasteiger partial charge on any atom is -0.342 e. The number of rotatable bonds is 5. The molecule has 1 aliphatic heterocycles. The fourth-order valence-corrected chi connectivity index (χ4v) is 15.2. The highest BCUT2D eigenvalue weighted by molar-refractivity contribution is 5.87. The van der Waals surface area contributed by atoms with Crippen LogP contribution in [0.3, 0.4) is 0 Å². The summed E-state index contributed by atoms with van der Waals surface area (Å²) in [5, 5.41) is 0. The SMILES string of the molecule is C=C(C)[C@@H]1CC[C@]2(C(=O)C[C@@H]3C[C@H](C(=O)N4CCCC4)C3(C)C)CC[C@]3(C)[C@H](CC[C@@H]4[C@@]5(C)CC[C@H](C)C(C)(C)[C@@H]5CC[C@]43C)[C@@H]12. The van der Waals surface area contributed by atoms with E-state index in [2.05, 4.69) is 73.8 Å². The van der Waals surface area contributed by atoms with Crippen molar-refractivity contribution in [3.8, 4) is 0 Å². The standard InChI is InChI=1S/C43H69NO2/c1-27(2)30-16-20-43(35(45)26-29-25-32(39(29,6)7)37(46)44-23-11-12-24-44)22-21-41(9)31(36(30)43)13-14-34-40(8)18-15-28(3)38(4,5)33(40)17-19-42(34,41)10/h28-34,36H,1,11-26H2,2-10H3/t28-,29-,30-,31+,32+,33-,34+,36+,40-,41+,42+,43+/m0/s1. The van der Waals surface area contributed by atoms with Gasteiger partial charge in [0.15, 0.2) is 0 Å². The Morgan fingerprint density at radius 2 is 1.46 bits per heavy atom. The monoisotopic (exact) mass is 632 g/mol. The first-order valence-electron chi connectivity index (χ1n) is 19.9. The number of carbonyl (C=O) groups is 2. The molecule has 6 aliphatic carbocycles. The van der Waals surface area contributed by atoms with E-state index in [-0.39, 0.29) is 22.2 Å². The molecule has 12 atom stereocenters. The van der Waals surface area contributed by atoms with Gasteiger partial charge in [-0.25, -0.2) is 0 Å². The van der Waals surface area contributed by atoms with Crippen molar-refractivity contribution in [2.75, 3.05) is 13.1 Å². The van der Waals surface area contributed by atoms with Crippen LogP contribution in [0.25, 0.3) is 0 Å². The Labute approximate surface area is 282 Å². The smallest absolute Gasteiger partial charge is 0.226 e. The molecule has 0 spiro atoms. The maximum atomic E-state index is 15.0. The molecule has 0 radical (unpaired) electrons. The zero-order valence-electron chi connectivity index (χ0n) is 31.4. The number of fused-ring (bicyclic) bond motifs is 7. The van der Waals surface area contributed by atoms with Crippen LogP contribution in [-0.4, -0.2) is 29.7 Å². The minimum absolute atomic E-state index is 0.0814. The van der Waals surface area contributed by atoms with Gasteiger partial charge in [-0.1, -0.05) is 67.5 Å². The fraction of sp³-hybridized carbons (Fsp3) is 0.907. The molecular formula is C43H69NO2. The second kappa shape index (κ2) is 10.7. The van der Waals surface area contributed by atoms with Crippen molar-refractivity contribution in [1.29, 1.82) is 0 Å². The second-order valence-corrected chi connectivity index (χ2v) is 20.6. The molecule has 0 unspecified atom stereocenters. The van der Waals surface area contributed by atoms with Crippen LogP contribution in [0.4, 0.5) is 0 Å². The molecule has 3 nitrogen and oxygen atoms in total. The molecule has 0 N–H and O–H groups in total. The summed E-state index contributed by atoms with van der Waals surface area (Å²) in [7, 11) is 0. The van der Waals surface area contributed by atoms with Gasteiger partial charge in [0.1, 0.15) is 5.78 Å². The number of allylic oxidation sites excluding steroid dienone is 1. The van der Waals surface area contributed by atoms with E-state index in [1.54, 1.807) is 0 Å². The summed E-state index contributed by atoms with van der Waals surface area (Å²) in [4.78, 5) is 30.5. The van der Waals surface area contributed by atoms with E-state index < -0.39 is 0 Å². The van der Waals surface area contributed by atoms with Gasteiger partial charge >= 0.3 is 0 Å². The highest BCUT2D eigenvalue weighted by atomic mass is 16.2.